The molecule has 0 saturated carbocycles. The number of benzene rings is 2. The van der Waals surface area contributed by atoms with Gasteiger partial charge in [0.25, 0.3) is 5.91 Å². The normalized spacial score (nSPS) is 16.9. The summed E-state index contributed by atoms with van der Waals surface area (Å²) < 4.78 is 39.3. The lowest BCUT2D eigenvalue weighted by atomic mass is 10.0. The zero-order chi connectivity index (χ0) is 25.4. The van der Waals surface area contributed by atoms with E-state index in [4.69, 9.17) is 4.98 Å². The van der Waals surface area contributed by atoms with Crippen LogP contribution in [0.25, 0.3) is 22.3 Å². The van der Waals surface area contributed by atoms with Crippen LogP contribution in [0.1, 0.15) is 46.6 Å². The van der Waals surface area contributed by atoms with E-state index in [9.17, 15) is 17.6 Å². The standard InChI is InChI=1S/C27H27FN4O3S/c1-3-18-4-8-20(9-5-18)24-14-23(27(33)29-15-19-6-10-21(28)11-7-19)25-17(2)31-32(26(25)30-24)22-12-13-36(34,35)16-22/h4-11,14,22H,3,12-13,15-16H2,1-2H3,(H,29,33). The van der Waals surface area contributed by atoms with Crippen molar-refractivity contribution in [2.75, 3.05) is 11.5 Å². The number of nitrogens with zero attached hydrogens (tertiary/aromatic N) is 3. The SMILES string of the molecule is CCc1ccc(-c2cc(C(=O)NCc3ccc(F)cc3)c3c(C)nn(C4CCS(=O)(=O)C4)c3n2)cc1. The van der Waals surface area contributed by atoms with E-state index in [1.165, 1.54) is 17.7 Å². The van der Waals surface area contributed by atoms with Gasteiger partial charge in [-0.05, 0) is 49.1 Å². The Balaban J connectivity index is 1.59. The summed E-state index contributed by atoms with van der Waals surface area (Å²) in [6, 6.07) is 15.4. The number of hydrogen-bond acceptors (Lipinski definition) is 5. The predicted octanol–water partition coefficient (Wildman–Crippen LogP) is 4.40. The lowest BCUT2D eigenvalue weighted by molar-refractivity contribution is 0.0952. The van der Waals surface area contributed by atoms with Crippen molar-refractivity contribution in [3.63, 3.8) is 0 Å². The Bertz CT molecular complexity index is 1540. The molecule has 4 aromatic rings. The minimum absolute atomic E-state index is 0.00637. The molecule has 1 saturated heterocycles. The van der Waals surface area contributed by atoms with Gasteiger partial charge in [0.15, 0.2) is 15.5 Å². The highest BCUT2D eigenvalue weighted by molar-refractivity contribution is 7.91. The number of halogens is 1. The molecular weight excluding hydrogens is 479 g/mol. The number of aromatic nitrogens is 3. The van der Waals surface area contributed by atoms with Gasteiger partial charge in [0.05, 0.1) is 39.9 Å². The third kappa shape index (κ3) is 4.75. The Morgan fingerprint density at radius 3 is 2.44 bits per heavy atom. The molecule has 36 heavy (non-hydrogen) atoms. The molecule has 3 heterocycles. The number of aryl methyl sites for hydroxylation is 2. The Hall–Kier alpha value is -3.59. The highest BCUT2D eigenvalue weighted by Gasteiger charge is 2.32. The maximum Gasteiger partial charge on any atom is 0.252 e. The van der Waals surface area contributed by atoms with E-state index in [0.717, 1.165) is 17.5 Å². The number of hydrogen-bond donors (Lipinski definition) is 1. The van der Waals surface area contributed by atoms with E-state index < -0.39 is 9.84 Å². The molecule has 2 aromatic carbocycles. The molecule has 2 aromatic heterocycles. The third-order valence-electron chi connectivity index (χ3n) is 6.66. The van der Waals surface area contributed by atoms with Gasteiger partial charge in [-0.25, -0.2) is 22.5 Å². The molecule has 1 amide bonds. The first kappa shape index (κ1) is 24.1. The zero-order valence-corrected chi connectivity index (χ0v) is 21.0. The Morgan fingerprint density at radius 2 is 1.81 bits per heavy atom. The van der Waals surface area contributed by atoms with Gasteiger partial charge in [-0.3, -0.25) is 4.79 Å². The quantitative estimate of drug-likeness (QED) is 0.418. The molecule has 1 aliphatic heterocycles. The van der Waals surface area contributed by atoms with E-state index >= 15 is 0 Å². The van der Waals surface area contributed by atoms with E-state index in [2.05, 4.69) is 17.3 Å². The molecular formula is C27H27FN4O3S. The number of carbonyl (C=O) groups excluding carboxylic acids is 1. The van der Waals surface area contributed by atoms with Gasteiger partial charge in [0.1, 0.15) is 5.82 Å². The second-order valence-electron chi connectivity index (χ2n) is 9.20. The molecule has 186 valence electrons. The van der Waals surface area contributed by atoms with Crippen LogP contribution >= 0.6 is 0 Å². The van der Waals surface area contributed by atoms with Gasteiger partial charge in [-0.1, -0.05) is 43.3 Å². The topological polar surface area (TPSA) is 94.0 Å². The van der Waals surface area contributed by atoms with Crippen molar-refractivity contribution in [2.45, 2.75) is 39.3 Å². The second-order valence-corrected chi connectivity index (χ2v) is 11.4. The summed E-state index contributed by atoms with van der Waals surface area (Å²) >= 11 is 0. The first-order valence-corrected chi connectivity index (χ1v) is 13.8. The summed E-state index contributed by atoms with van der Waals surface area (Å²) in [5.74, 6) is -0.523. The number of pyridine rings is 1. The summed E-state index contributed by atoms with van der Waals surface area (Å²) in [6.45, 7) is 4.12. The second kappa shape index (κ2) is 9.46. The minimum Gasteiger partial charge on any atom is -0.348 e. The predicted molar refractivity (Wildman–Crippen MR) is 137 cm³/mol. The first-order chi connectivity index (χ1) is 17.2. The monoisotopic (exact) mass is 506 g/mol. The number of sulfone groups is 1. The maximum absolute atomic E-state index is 13.4. The molecule has 1 fully saturated rings. The summed E-state index contributed by atoms with van der Waals surface area (Å²) in [7, 11) is -3.14. The molecule has 9 heteroatoms. The zero-order valence-electron chi connectivity index (χ0n) is 20.2. The van der Waals surface area contributed by atoms with Crippen molar-refractivity contribution in [3.05, 3.63) is 82.8 Å². The van der Waals surface area contributed by atoms with Gasteiger partial charge >= 0.3 is 0 Å². The summed E-state index contributed by atoms with van der Waals surface area (Å²) in [5.41, 5.74) is 4.95. The van der Waals surface area contributed by atoms with Crippen LogP contribution in [-0.2, 0) is 22.8 Å². The molecule has 1 N–H and O–H groups in total. The fraction of sp³-hybridized carbons (Fsp3) is 0.296. The number of fused-ring (bicyclic) bond motifs is 1. The van der Waals surface area contributed by atoms with Crippen molar-refractivity contribution in [1.82, 2.24) is 20.1 Å². The fourth-order valence-electron chi connectivity index (χ4n) is 4.65. The van der Waals surface area contributed by atoms with Crippen molar-refractivity contribution >= 4 is 26.8 Å². The number of carbonyl (C=O) groups is 1. The van der Waals surface area contributed by atoms with Crippen molar-refractivity contribution in [2.24, 2.45) is 0 Å². The van der Waals surface area contributed by atoms with Gasteiger partial charge in [0.2, 0.25) is 0 Å². The third-order valence-corrected chi connectivity index (χ3v) is 8.41. The maximum atomic E-state index is 13.4. The largest absolute Gasteiger partial charge is 0.348 e. The van der Waals surface area contributed by atoms with Crippen LogP contribution in [0.4, 0.5) is 4.39 Å². The first-order valence-electron chi connectivity index (χ1n) is 12.0. The highest BCUT2D eigenvalue weighted by atomic mass is 32.2. The van der Waals surface area contributed by atoms with Crippen LogP contribution in [0.2, 0.25) is 0 Å². The number of amides is 1. The van der Waals surface area contributed by atoms with E-state index in [-0.39, 0.29) is 35.8 Å². The number of rotatable bonds is 6. The molecule has 1 unspecified atom stereocenters. The van der Waals surface area contributed by atoms with Gasteiger partial charge in [-0.15, -0.1) is 0 Å². The molecule has 0 radical (unpaired) electrons. The Kier molecular flexibility index (Phi) is 6.34. The van der Waals surface area contributed by atoms with Crippen molar-refractivity contribution in [1.29, 1.82) is 0 Å². The Labute approximate surface area is 209 Å². The molecule has 1 aliphatic rings. The van der Waals surface area contributed by atoms with Crippen LogP contribution < -0.4 is 5.32 Å². The van der Waals surface area contributed by atoms with E-state index in [1.54, 1.807) is 29.8 Å². The molecule has 1 atom stereocenters. The minimum atomic E-state index is -3.14. The van der Waals surface area contributed by atoms with Crippen LogP contribution in [0, 0.1) is 12.7 Å². The van der Waals surface area contributed by atoms with Gasteiger partial charge in [-0.2, -0.15) is 5.10 Å². The summed E-state index contributed by atoms with van der Waals surface area (Å²) in [4.78, 5) is 18.3. The average molecular weight is 507 g/mol. The van der Waals surface area contributed by atoms with E-state index in [1.807, 2.05) is 24.3 Å². The van der Waals surface area contributed by atoms with Crippen molar-refractivity contribution in [3.8, 4) is 11.3 Å². The van der Waals surface area contributed by atoms with Gasteiger partial charge in [0, 0.05) is 12.1 Å². The van der Waals surface area contributed by atoms with Crippen LogP contribution in [0.3, 0.4) is 0 Å². The highest BCUT2D eigenvalue weighted by Crippen LogP contribution is 2.32. The van der Waals surface area contributed by atoms with Crippen LogP contribution in [0.5, 0.6) is 0 Å². The van der Waals surface area contributed by atoms with Crippen LogP contribution in [0.15, 0.2) is 54.6 Å². The van der Waals surface area contributed by atoms with Crippen molar-refractivity contribution < 1.29 is 17.6 Å². The smallest absolute Gasteiger partial charge is 0.252 e. The lowest BCUT2D eigenvalue weighted by Gasteiger charge is -2.13. The van der Waals surface area contributed by atoms with Crippen LogP contribution in [-0.4, -0.2) is 40.6 Å². The fourth-order valence-corrected chi connectivity index (χ4v) is 6.35. The average Bonchev–Trinajstić information content (AvgIpc) is 3.41. The number of nitrogens with one attached hydrogen (secondary N) is 1. The molecule has 0 aliphatic carbocycles. The van der Waals surface area contributed by atoms with Gasteiger partial charge < -0.3 is 5.32 Å². The molecule has 7 nitrogen and oxygen atoms in total. The molecule has 0 spiro atoms. The summed E-state index contributed by atoms with van der Waals surface area (Å²) in [5, 5.41) is 8.16. The molecule has 0 bridgehead atoms. The summed E-state index contributed by atoms with van der Waals surface area (Å²) in [6.07, 6.45) is 1.37. The molecule has 5 rings (SSSR count). The Morgan fingerprint density at radius 1 is 1.11 bits per heavy atom. The van der Waals surface area contributed by atoms with E-state index in [0.29, 0.717) is 34.4 Å². The lowest BCUT2D eigenvalue weighted by Crippen LogP contribution is -2.23.